The topological polar surface area (TPSA) is 66.6 Å². The molecule has 0 spiro atoms. The molecule has 3 atom stereocenters. The van der Waals surface area contributed by atoms with Crippen LogP contribution in [0.2, 0.25) is 0 Å². The van der Waals surface area contributed by atoms with Gasteiger partial charge in [0.05, 0.1) is 5.92 Å². The molecule has 4 nitrogen and oxygen atoms in total. The standard InChI is InChI=1S/C9H16N2O2/c10-5-6-1-3-11-4-2-7(8(6)11)9(12)13/h6-8H,1-5,10H2,(H,12,13). The first-order chi connectivity index (χ1) is 6.24. The second-order valence-corrected chi connectivity index (χ2v) is 4.04. The molecule has 74 valence electrons. The Morgan fingerprint density at radius 3 is 2.77 bits per heavy atom. The summed E-state index contributed by atoms with van der Waals surface area (Å²) < 4.78 is 0. The number of aliphatic carboxylic acids is 1. The van der Waals surface area contributed by atoms with Crippen LogP contribution in [-0.4, -0.2) is 41.7 Å². The zero-order chi connectivity index (χ0) is 9.42. The van der Waals surface area contributed by atoms with E-state index in [4.69, 9.17) is 10.8 Å². The number of fused-ring (bicyclic) bond motifs is 1. The Kier molecular flexibility index (Phi) is 2.26. The summed E-state index contributed by atoms with van der Waals surface area (Å²) in [5, 5.41) is 9.01. The van der Waals surface area contributed by atoms with Crippen LogP contribution in [0.3, 0.4) is 0 Å². The number of carboxylic acids is 1. The minimum absolute atomic E-state index is 0.170. The van der Waals surface area contributed by atoms with Crippen molar-refractivity contribution in [2.75, 3.05) is 19.6 Å². The molecule has 0 aromatic carbocycles. The summed E-state index contributed by atoms with van der Waals surface area (Å²) in [6.45, 7) is 2.61. The van der Waals surface area contributed by atoms with E-state index in [1.165, 1.54) is 0 Å². The van der Waals surface area contributed by atoms with E-state index < -0.39 is 5.97 Å². The number of hydrogen-bond donors (Lipinski definition) is 2. The van der Waals surface area contributed by atoms with E-state index in [9.17, 15) is 4.79 Å². The van der Waals surface area contributed by atoms with Crippen molar-refractivity contribution >= 4 is 5.97 Å². The highest BCUT2D eigenvalue weighted by atomic mass is 16.4. The average Bonchev–Trinajstić information content (AvgIpc) is 2.61. The van der Waals surface area contributed by atoms with Crippen LogP contribution >= 0.6 is 0 Å². The SMILES string of the molecule is NCC1CCN2CCC(C(=O)O)C12. The third kappa shape index (κ3) is 1.34. The van der Waals surface area contributed by atoms with Crippen molar-refractivity contribution in [3.05, 3.63) is 0 Å². The predicted octanol–water partition coefficient (Wildman–Crippen LogP) is -0.260. The summed E-state index contributed by atoms with van der Waals surface area (Å²) in [6.07, 6.45) is 1.88. The molecule has 2 aliphatic heterocycles. The quantitative estimate of drug-likeness (QED) is 0.620. The molecule has 2 rings (SSSR count). The van der Waals surface area contributed by atoms with Crippen molar-refractivity contribution in [1.29, 1.82) is 0 Å². The lowest BCUT2D eigenvalue weighted by Crippen LogP contribution is -2.37. The van der Waals surface area contributed by atoms with Crippen LogP contribution in [0, 0.1) is 11.8 Å². The van der Waals surface area contributed by atoms with Gasteiger partial charge >= 0.3 is 5.97 Å². The number of nitrogens with zero attached hydrogens (tertiary/aromatic N) is 1. The third-order valence-electron chi connectivity index (χ3n) is 3.45. The van der Waals surface area contributed by atoms with Gasteiger partial charge in [0.15, 0.2) is 0 Å². The van der Waals surface area contributed by atoms with Crippen LogP contribution in [0.25, 0.3) is 0 Å². The van der Waals surface area contributed by atoms with Gasteiger partial charge in [0.1, 0.15) is 0 Å². The molecule has 0 bridgehead atoms. The number of rotatable bonds is 2. The van der Waals surface area contributed by atoms with Gasteiger partial charge in [0, 0.05) is 6.04 Å². The normalized spacial score (nSPS) is 39.3. The van der Waals surface area contributed by atoms with Crippen LogP contribution in [-0.2, 0) is 4.79 Å². The summed E-state index contributed by atoms with van der Waals surface area (Å²) in [7, 11) is 0. The molecule has 0 saturated carbocycles. The first-order valence-corrected chi connectivity index (χ1v) is 4.91. The molecule has 2 fully saturated rings. The van der Waals surface area contributed by atoms with Gasteiger partial charge < -0.3 is 10.8 Å². The Morgan fingerprint density at radius 1 is 1.46 bits per heavy atom. The second kappa shape index (κ2) is 3.27. The fourth-order valence-corrected chi connectivity index (χ4v) is 2.80. The Hall–Kier alpha value is -0.610. The van der Waals surface area contributed by atoms with Crippen LogP contribution in [0.1, 0.15) is 12.8 Å². The lowest BCUT2D eigenvalue weighted by atomic mass is 9.90. The van der Waals surface area contributed by atoms with Gasteiger partial charge in [-0.25, -0.2) is 0 Å². The maximum Gasteiger partial charge on any atom is 0.308 e. The molecule has 4 heteroatoms. The van der Waals surface area contributed by atoms with E-state index >= 15 is 0 Å². The maximum absolute atomic E-state index is 10.9. The Bertz CT molecular complexity index is 220. The molecule has 0 aromatic rings. The van der Waals surface area contributed by atoms with Crippen LogP contribution in [0.4, 0.5) is 0 Å². The van der Waals surface area contributed by atoms with E-state index in [0.717, 1.165) is 25.9 Å². The number of hydrogen-bond acceptors (Lipinski definition) is 3. The molecule has 3 N–H and O–H groups in total. The van der Waals surface area contributed by atoms with Gasteiger partial charge in [0.2, 0.25) is 0 Å². The van der Waals surface area contributed by atoms with Crippen molar-refractivity contribution in [3.8, 4) is 0 Å². The molecule has 3 unspecified atom stereocenters. The maximum atomic E-state index is 10.9. The highest BCUT2D eigenvalue weighted by Crippen LogP contribution is 2.36. The summed E-state index contributed by atoms with van der Waals surface area (Å²) >= 11 is 0. The molecule has 2 heterocycles. The summed E-state index contributed by atoms with van der Waals surface area (Å²) in [5.74, 6) is -0.410. The molecule has 0 aromatic heterocycles. The van der Waals surface area contributed by atoms with E-state index in [0.29, 0.717) is 12.5 Å². The number of carboxylic acid groups (broad SMARTS) is 1. The number of nitrogens with two attached hydrogens (primary N) is 1. The van der Waals surface area contributed by atoms with Crippen molar-refractivity contribution in [2.45, 2.75) is 18.9 Å². The summed E-state index contributed by atoms with van der Waals surface area (Å²) in [4.78, 5) is 13.2. The molecular weight excluding hydrogens is 168 g/mol. The van der Waals surface area contributed by atoms with Crippen molar-refractivity contribution in [3.63, 3.8) is 0 Å². The zero-order valence-electron chi connectivity index (χ0n) is 7.65. The van der Waals surface area contributed by atoms with Crippen LogP contribution in [0.15, 0.2) is 0 Å². The van der Waals surface area contributed by atoms with Gasteiger partial charge in [-0.1, -0.05) is 0 Å². The van der Waals surface area contributed by atoms with Gasteiger partial charge in [-0.2, -0.15) is 0 Å². The Balaban J connectivity index is 2.12. The molecular formula is C9H16N2O2. The molecule has 2 saturated heterocycles. The van der Waals surface area contributed by atoms with Crippen LogP contribution < -0.4 is 5.73 Å². The molecule has 2 aliphatic rings. The minimum atomic E-state index is -0.646. The van der Waals surface area contributed by atoms with Crippen molar-refractivity contribution < 1.29 is 9.90 Å². The first-order valence-electron chi connectivity index (χ1n) is 4.91. The van der Waals surface area contributed by atoms with Crippen molar-refractivity contribution in [1.82, 2.24) is 4.90 Å². The highest BCUT2D eigenvalue weighted by molar-refractivity contribution is 5.71. The summed E-state index contributed by atoms with van der Waals surface area (Å²) in [6, 6.07) is 0.225. The molecule has 13 heavy (non-hydrogen) atoms. The fraction of sp³-hybridized carbons (Fsp3) is 0.889. The molecule has 0 radical (unpaired) electrons. The minimum Gasteiger partial charge on any atom is -0.481 e. The van der Waals surface area contributed by atoms with E-state index in [1.807, 2.05) is 0 Å². The van der Waals surface area contributed by atoms with Gasteiger partial charge in [-0.3, -0.25) is 9.69 Å². The fourth-order valence-electron chi connectivity index (χ4n) is 2.80. The first kappa shape index (κ1) is 8.97. The molecule has 0 aliphatic carbocycles. The Morgan fingerprint density at radius 2 is 2.15 bits per heavy atom. The van der Waals surface area contributed by atoms with Gasteiger partial charge in [0.25, 0.3) is 0 Å². The summed E-state index contributed by atoms with van der Waals surface area (Å²) in [5.41, 5.74) is 5.63. The smallest absolute Gasteiger partial charge is 0.308 e. The highest BCUT2D eigenvalue weighted by Gasteiger charge is 2.46. The van der Waals surface area contributed by atoms with E-state index in [2.05, 4.69) is 4.90 Å². The average molecular weight is 184 g/mol. The van der Waals surface area contributed by atoms with Gasteiger partial charge in [-0.05, 0) is 38.4 Å². The Labute approximate surface area is 77.7 Å². The van der Waals surface area contributed by atoms with Crippen LogP contribution in [0.5, 0.6) is 0 Å². The molecule has 0 amide bonds. The lowest BCUT2D eigenvalue weighted by Gasteiger charge is -2.22. The van der Waals surface area contributed by atoms with E-state index in [1.54, 1.807) is 0 Å². The van der Waals surface area contributed by atoms with Gasteiger partial charge in [-0.15, -0.1) is 0 Å². The largest absolute Gasteiger partial charge is 0.481 e. The second-order valence-electron chi connectivity index (χ2n) is 4.04. The lowest BCUT2D eigenvalue weighted by molar-refractivity contribution is -0.142. The van der Waals surface area contributed by atoms with E-state index in [-0.39, 0.29) is 12.0 Å². The number of carbonyl (C=O) groups is 1. The predicted molar refractivity (Wildman–Crippen MR) is 48.3 cm³/mol. The zero-order valence-corrected chi connectivity index (χ0v) is 7.65. The monoisotopic (exact) mass is 184 g/mol. The van der Waals surface area contributed by atoms with Crippen molar-refractivity contribution in [2.24, 2.45) is 17.6 Å². The third-order valence-corrected chi connectivity index (χ3v) is 3.45.